The molecule has 106 valence electrons. The molecule has 3 nitrogen and oxygen atoms in total. The first kappa shape index (κ1) is 14.2. The van der Waals surface area contributed by atoms with Gasteiger partial charge in [-0.3, -0.25) is 0 Å². The third kappa shape index (κ3) is 3.46. The number of nitrogens with one attached hydrogen (secondary N) is 1. The van der Waals surface area contributed by atoms with Gasteiger partial charge in [0, 0.05) is 10.8 Å². The van der Waals surface area contributed by atoms with Crippen molar-refractivity contribution < 1.29 is 0 Å². The molecule has 3 aromatic rings. The fourth-order valence-electron chi connectivity index (χ4n) is 1.98. The van der Waals surface area contributed by atoms with Crippen LogP contribution in [-0.2, 0) is 5.75 Å². The van der Waals surface area contributed by atoms with Crippen molar-refractivity contribution in [1.29, 1.82) is 0 Å². The number of hydrogen-bond acceptors (Lipinski definition) is 3. The summed E-state index contributed by atoms with van der Waals surface area (Å²) in [5, 5.41) is 12.1. The third-order valence-corrected chi connectivity index (χ3v) is 4.62. The molecular weight excluding hydrogens is 302 g/mol. The minimum absolute atomic E-state index is 0.804. The Morgan fingerprint density at radius 3 is 2.52 bits per heavy atom. The van der Waals surface area contributed by atoms with E-state index in [1.54, 1.807) is 18.0 Å². The molecule has 0 aliphatic rings. The molecule has 0 spiro atoms. The van der Waals surface area contributed by atoms with E-state index in [4.69, 9.17) is 11.6 Å². The Bertz CT molecular complexity index is 724. The van der Waals surface area contributed by atoms with Crippen LogP contribution < -0.4 is 0 Å². The van der Waals surface area contributed by atoms with E-state index in [0.29, 0.717) is 0 Å². The van der Waals surface area contributed by atoms with E-state index in [1.807, 2.05) is 19.1 Å². The summed E-state index contributed by atoms with van der Waals surface area (Å²) in [4.78, 5) is 0. The minimum atomic E-state index is 0.804. The molecule has 0 fully saturated rings. The highest BCUT2D eigenvalue weighted by atomic mass is 35.5. The first-order valence-corrected chi connectivity index (χ1v) is 7.93. The van der Waals surface area contributed by atoms with Gasteiger partial charge in [0.1, 0.15) is 5.03 Å². The molecule has 0 saturated carbocycles. The van der Waals surface area contributed by atoms with Gasteiger partial charge in [0.05, 0.1) is 6.20 Å². The Morgan fingerprint density at radius 2 is 1.86 bits per heavy atom. The van der Waals surface area contributed by atoms with Crippen molar-refractivity contribution >= 4 is 23.4 Å². The van der Waals surface area contributed by atoms with E-state index in [1.165, 1.54) is 11.1 Å². The molecular formula is C16H14ClN3S. The van der Waals surface area contributed by atoms with Gasteiger partial charge < -0.3 is 0 Å². The zero-order valence-corrected chi connectivity index (χ0v) is 13.1. The Labute approximate surface area is 132 Å². The Hall–Kier alpha value is -1.78. The van der Waals surface area contributed by atoms with Crippen LogP contribution in [0.4, 0.5) is 0 Å². The van der Waals surface area contributed by atoms with E-state index in [-0.39, 0.29) is 0 Å². The molecule has 1 N–H and O–H groups in total. The van der Waals surface area contributed by atoms with Gasteiger partial charge in [0.15, 0.2) is 0 Å². The Morgan fingerprint density at radius 1 is 1.10 bits per heavy atom. The summed E-state index contributed by atoms with van der Waals surface area (Å²) in [6.45, 7) is 2.01. The second-order valence-electron chi connectivity index (χ2n) is 4.76. The lowest BCUT2D eigenvalue weighted by Crippen LogP contribution is -1.84. The van der Waals surface area contributed by atoms with E-state index >= 15 is 0 Å². The highest BCUT2D eigenvalue weighted by Gasteiger charge is 2.03. The summed E-state index contributed by atoms with van der Waals surface area (Å²) in [5.41, 5.74) is 4.67. The molecule has 0 radical (unpaired) electrons. The molecule has 0 atom stereocenters. The standard InChI is InChI=1S/C16H14ClN3S/c1-11-2-5-14(8-15(11)17)13-6-3-12(4-7-13)10-21-16-9-18-20-19-16/h2-9H,10H2,1H3,(H,18,19,20). The average molecular weight is 316 g/mol. The molecule has 0 aliphatic carbocycles. The van der Waals surface area contributed by atoms with Gasteiger partial charge in [0.25, 0.3) is 0 Å². The van der Waals surface area contributed by atoms with Crippen LogP contribution in [0.3, 0.4) is 0 Å². The molecule has 1 aromatic heterocycles. The Balaban J connectivity index is 1.72. The molecule has 0 saturated heterocycles. The maximum absolute atomic E-state index is 6.18. The van der Waals surface area contributed by atoms with Crippen molar-refractivity contribution in [3.8, 4) is 11.1 Å². The second-order valence-corrected chi connectivity index (χ2v) is 6.16. The fraction of sp³-hybridized carbons (Fsp3) is 0.125. The van der Waals surface area contributed by atoms with Crippen molar-refractivity contribution in [1.82, 2.24) is 15.4 Å². The summed E-state index contributed by atoms with van der Waals surface area (Å²) in [5.74, 6) is 0.876. The molecule has 0 unspecified atom stereocenters. The van der Waals surface area contributed by atoms with Gasteiger partial charge in [-0.05, 0) is 35.2 Å². The van der Waals surface area contributed by atoms with Gasteiger partial charge in [-0.1, -0.05) is 59.8 Å². The smallest absolute Gasteiger partial charge is 0.139 e. The van der Waals surface area contributed by atoms with Crippen LogP contribution in [0, 0.1) is 6.92 Å². The van der Waals surface area contributed by atoms with E-state index in [0.717, 1.165) is 26.9 Å². The highest BCUT2D eigenvalue weighted by molar-refractivity contribution is 7.98. The van der Waals surface area contributed by atoms with Crippen molar-refractivity contribution in [3.05, 3.63) is 64.8 Å². The summed E-state index contributed by atoms with van der Waals surface area (Å²) in [6, 6.07) is 14.7. The summed E-state index contributed by atoms with van der Waals surface area (Å²) < 4.78 is 0. The lowest BCUT2D eigenvalue weighted by Gasteiger charge is -2.06. The van der Waals surface area contributed by atoms with E-state index in [2.05, 4.69) is 45.7 Å². The molecule has 0 bridgehead atoms. The number of hydrogen-bond donors (Lipinski definition) is 1. The van der Waals surface area contributed by atoms with Crippen LogP contribution in [0.25, 0.3) is 11.1 Å². The van der Waals surface area contributed by atoms with Gasteiger partial charge in [0.2, 0.25) is 0 Å². The number of halogens is 1. The van der Waals surface area contributed by atoms with Crippen LogP contribution in [0.2, 0.25) is 5.02 Å². The van der Waals surface area contributed by atoms with Crippen molar-refractivity contribution in [2.24, 2.45) is 0 Å². The summed E-state index contributed by atoms with van der Waals surface area (Å²) >= 11 is 7.84. The number of nitrogens with zero attached hydrogens (tertiary/aromatic N) is 2. The SMILES string of the molecule is Cc1ccc(-c2ccc(CSc3cn[nH]n3)cc2)cc1Cl. The summed E-state index contributed by atoms with van der Waals surface area (Å²) in [7, 11) is 0. The Kier molecular flexibility index (Phi) is 4.27. The molecule has 3 rings (SSSR count). The van der Waals surface area contributed by atoms with Gasteiger partial charge in [-0.2, -0.15) is 10.3 Å². The maximum Gasteiger partial charge on any atom is 0.139 e. The number of rotatable bonds is 4. The van der Waals surface area contributed by atoms with Gasteiger partial charge in [-0.15, -0.1) is 5.10 Å². The lowest BCUT2D eigenvalue weighted by atomic mass is 10.0. The highest BCUT2D eigenvalue weighted by Crippen LogP contribution is 2.27. The normalized spacial score (nSPS) is 10.8. The lowest BCUT2D eigenvalue weighted by molar-refractivity contribution is 0.911. The van der Waals surface area contributed by atoms with Crippen LogP contribution in [-0.4, -0.2) is 15.4 Å². The van der Waals surface area contributed by atoms with Gasteiger partial charge >= 0.3 is 0 Å². The third-order valence-electron chi connectivity index (χ3n) is 3.24. The largest absolute Gasteiger partial charge is 0.197 e. The maximum atomic E-state index is 6.18. The van der Waals surface area contributed by atoms with E-state index < -0.39 is 0 Å². The molecule has 0 amide bonds. The van der Waals surface area contributed by atoms with Crippen LogP contribution in [0.5, 0.6) is 0 Å². The number of thioether (sulfide) groups is 1. The van der Waals surface area contributed by atoms with Crippen molar-refractivity contribution in [2.45, 2.75) is 17.7 Å². The number of aromatic nitrogens is 3. The molecule has 2 aromatic carbocycles. The zero-order chi connectivity index (χ0) is 14.7. The predicted molar refractivity (Wildman–Crippen MR) is 87.6 cm³/mol. The fourth-order valence-corrected chi connectivity index (χ4v) is 2.90. The molecule has 1 heterocycles. The predicted octanol–water partition coefficient (Wildman–Crippen LogP) is 4.73. The first-order valence-electron chi connectivity index (χ1n) is 6.56. The van der Waals surface area contributed by atoms with Crippen molar-refractivity contribution in [3.63, 3.8) is 0 Å². The molecule has 5 heteroatoms. The molecule has 0 aliphatic heterocycles. The summed E-state index contributed by atoms with van der Waals surface area (Å²) in [6.07, 6.45) is 1.73. The number of benzene rings is 2. The zero-order valence-electron chi connectivity index (χ0n) is 11.5. The number of aryl methyl sites for hydroxylation is 1. The monoisotopic (exact) mass is 315 g/mol. The van der Waals surface area contributed by atoms with Crippen LogP contribution in [0.15, 0.2) is 53.7 Å². The first-order chi connectivity index (χ1) is 10.2. The van der Waals surface area contributed by atoms with Crippen LogP contribution in [0.1, 0.15) is 11.1 Å². The number of H-pyrrole nitrogens is 1. The average Bonchev–Trinajstić information content (AvgIpc) is 3.02. The topological polar surface area (TPSA) is 41.6 Å². The minimum Gasteiger partial charge on any atom is -0.197 e. The molecule has 21 heavy (non-hydrogen) atoms. The second kappa shape index (κ2) is 6.33. The van der Waals surface area contributed by atoms with Crippen molar-refractivity contribution in [2.75, 3.05) is 0 Å². The van der Waals surface area contributed by atoms with Crippen LogP contribution >= 0.6 is 23.4 Å². The van der Waals surface area contributed by atoms with Gasteiger partial charge in [-0.25, -0.2) is 0 Å². The number of aromatic amines is 1. The van der Waals surface area contributed by atoms with E-state index in [9.17, 15) is 0 Å². The quantitative estimate of drug-likeness (QED) is 0.708.